The second kappa shape index (κ2) is 5.02. The van der Waals surface area contributed by atoms with Crippen LogP contribution in [0.25, 0.3) is 0 Å². The second-order valence-electron chi connectivity index (χ2n) is 3.11. The van der Waals surface area contributed by atoms with E-state index >= 15 is 0 Å². The van der Waals surface area contributed by atoms with Crippen molar-refractivity contribution in [2.45, 2.75) is 6.42 Å². The van der Waals surface area contributed by atoms with E-state index in [0.29, 0.717) is 0 Å². The molecule has 3 heteroatoms. The summed E-state index contributed by atoms with van der Waals surface area (Å²) in [4.78, 5) is 4.35. The summed E-state index contributed by atoms with van der Waals surface area (Å²) < 4.78 is 0. The Labute approximate surface area is 85.5 Å². The largest absolute Gasteiger partial charge is 0.345 e. The zero-order chi connectivity index (χ0) is 9.68. The van der Waals surface area contributed by atoms with Crippen LogP contribution in [0.2, 0.25) is 0 Å². The van der Waals surface area contributed by atoms with Crippen molar-refractivity contribution in [1.82, 2.24) is 9.80 Å². The summed E-state index contributed by atoms with van der Waals surface area (Å²) in [6.45, 7) is 11.3. The van der Waals surface area contributed by atoms with Crippen molar-refractivity contribution >= 4 is 17.3 Å². The Hall–Kier alpha value is -0.830. The van der Waals surface area contributed by atoms with Gasteiger partial charge in [0.15, 0.2) is 5.11 Å². The minimum absolute atomic E-state index is 0.854. The lowest BCUT2D eigenvalue weighted by Gasteiger charge is -2.37. The van der Waals surface area contributed by atoms with Crippen LogP contribution < -0.4 is 0 Å². The third-order valence-corrected chi connectivity index (χ3v) is 2.61. The normalized spacial score (nSPS) is 17.4. The fourth-order valence-corrected chi connectivity index (χ4v) is 1.83. The summed E-state index contributed by atoms with van der Waals surface area (Å²) in [5.74, 6) is 0. The molecule has 13 heavy (non-hydrogen) atoms. The van der Waals surface area contributed by atoms with Crippen molar-refractivity contribution in [2.24, 2.45) is 0 Å². The average molecular weight is 196 g/mol. The van der Waals surface area contributed by atoms with E-state index in [4.69, 9.17) is 12.2 Å². The van der Waals surface area contributed by atoms with Gasteiger partial charge >= 0.3 is 0 Å². The first-order chi connectivity index (χ1) is 6.29. The number of thiocarbonyl (C=S) groups is 1. The molecule has 72 valence electrons. The monoisotopic (exact) mass is 196 g/mol. The van der Waals surface area contributed by atoms with E-state index in [2.05, 4.69) is 23.0 Å². The molecule has 0 aromatic carbocycles. The van der Waals surface area contributed by atoms with E-state index < -0.39 is 0 Å². The van der Waals surface area contributed by atoms with Crippen molar-refractivity contribution in [1.29, 1.82) is 0 Å². The number of rotatable bonds is 4. The summed E-state index contributed by atoms with van der Waals surface area (Å²) in [6.07, 6.45) is 4.95. The molecule has 0 spiro atoms. The maximum Gasteiger partial charge on any atom is 0.172 e. The Balaban J connectivity index is 2.54. The van der Waals surface area contributed by atoms with Crippen LogP contribution in [0.15, 0.2) is 25.3 Å². The van der Waals surface area contributed by atoms with E-state index in [9.17, 15) is 0 Å². The highest BCUT2D eigenvalue weighted by molar-refractivity contribution is 7.80. The van der Waals surface area contributed by atoms with Gasteiger partial charge in [-0.2, -0.15) is 0 Å². The van der Waals surface area contributed by atoms with Gasteiger partial charge in [-0.05, 0) is 18.6 Å². The number of nitrogens with zero attached hydrogens (tertiary/aromatic N) is 2. The van der Waals surface area contributed by atoms with Crippen LogP contribution >= 0.6 is 12.2 Å². The smallest absolute Gasteiger partial charge is 0.172 e. The van der Waals surface area contributed by atoms with Crippen LogP contribution in [0.3, 0.4) is 0 Å². The van der Waals surface area contributed by atoms with E-state index in [-0.39, 0.29) is 0 Å². The zero-order valence-corrected chi connectivity index (χ0v) is 8.72. The molecule has 0 amide bonds. The minimum Gasteiger partial charge on any atom is -0.345 e. The molecule has 0 N–H and O–H groups in total. The molecule has 1 aliphatic rings. The predicted octanol–water partition coefficient (Wildman–Crippen LogP) is 1.65. The lowest BCUT2D eigenvalue weighted by molar-refractivity contribution is 0.296. The van der Waals surface area contributed by atoms with Crippen molar-refractivity contribution < 1.29 is 0 Å². The molecule has 0 unspecified atom stereocenters. The maximum atomic E-state index is 5.34. The Morgan fingerprint density at radius 3 is 2.00 bits per heavy atom. The fourth-order valence-electron chi connectivity index (χ4n) is 1.49. The molecule has 1 aliphatic heterocycles. The van der Waals surface area contributed by atoms with E-state index in [1.165, 1.54) is 6.42 Å². The molecule has 0 aliphatic carbocycles. The summed E-state index contributed by atoms with van der Waals surface area (Å²) in [5.41, 5.74) is 0. The van der Waals surface area contributed by atoms with Gasteiger partial charge in [0.1, 0.15) is 0 Å². The van der Waals surface area contributed by atoms with Gasteiger partial charge in [-0.15, -0.1) is 13.2 Å². The third kappa shape index (κ3) is 2.56. The van der Waals surface area contributed by atoms with Gasteiger partial charge in [0.2, 0.25) is 0 Å². The molecule has 1 saturated heterocycles. The highest BCUT2D eigenvalue weighted by atomic mass is 32.1. The molecule has 0 radical (unpaired) electrons. The number of hydrogen-bond donors (Lipinski definition) is 0. The molecule has 0 saturated carbocycles. The molecule has 0 atom stereocenters. The van der Waals surface area contributed by atoms with Gasteiger partial charge in [-0.1, -0.05) is 12.2 Å². The minimum atomic E-state index is 0.854. The first-order valence-electron chi connectivity index (χ1n) is 4.55. The van der Waals surface area contributed by atoms with Crippen LogP contribution in [0.4, 0.5) is 0 Å². The quantitative estimate of drug-likeness (QED) is 0.499. The van der Waals surface area contributed by atoms with Crippen LogP contribution in [-0.2, 0) is 0 Å². The Morgan fingerprint density at radius 1 is 1.15 bits per heavy atom. The molecule has 1 heterocycles. The molecular formula is C10H16N2S. The summed E-state index contributed by atoms with van der Waals surface area (Å²) in [5, 5.41) is 0.936. The van der Waals surface area contributed by atoms with E-state index in [1.54, 1.807) is 0 Å². The van der Waals surface area contributed by atoms with Gasteiger partial charge in [0.05, 0.1) is 0 Å². The van der Waals surface area contributed by atoms with Gasteiger partial charge in [0, 0.05) is 26.2 Å². The molecule has 1 fully saturated rings. The highest BCUT2D eigenvalue weighted by Crippen LogP contribution is 2.08. The Morgan fingerprint density at radius 2 is 1.62 bits per heavy atom. The van der Waals surface area contributed by atoms with Gasteiger partial charge in [0.25, 0.3) is 0 Å². The van der Waals surface area contributed by atoms with Crippen LogP contribution in [0, 0.1) is 0 Å². The van der Waals surface area contributed by atoms with Crippen molar-refractivity contribution in [2.75, 3.05) is 26.2 Å². The topological polar surface area (TPSA) is 6.48 Å². The molecule has 2 nitrogen and oxygen atoms in total. The molecule has 0 aromatic heterocycles. The summed E-state index contributed by atoms with van der Waals surface area (Å²) >= 11 is 5.34. The molecule has 0 bridgehead atoms. The first-order valence-corrected chi connectivity index (χ1v) is 4.96. The van der Waals surface area contributed by atoms with Gasteiger partial charge in [-0.25, -0.2) is 0 Å². The Bertz CT molecular complexity index is 193. The lowest BCUT2D eigenvalue weighted by Crippen LogP contribution is -2.48. The van der Waals surface area contributed by atoms with Crippen LogP contribution in [-0.4, -0.2) is 41.1 Å². The SMILES string of the molecule is C=CCN1CCCN(CC=C)C1=S. The number of hydrogen-bond acceptors (Lipinski definition) is 1. The molecule has 0 aromatic rings. The van der Waals surface area contributed by atoms with Gasteiger partial charge < -0.3 is 9.80 Å². The Kier molecular flexibility index (Phi) is 3.96. The second-order valence-corrected chi connectivity index (χ2v) is 3.47. The average Bonchev–Trinajstić information content (AvgIpc) is 2.13. The van der Waals surface area contributed by atoms with Gasteiger partial charge in [-0.3, -0.25) is 0 Å². The van der Waals surface area contributed by atoms with Crippen molar-refractivity contribution in [3.63, 3.8) is 0 Å². The molecular weight excluding hydrogens is 180 g/mol. The third-order valence-electron chi connectivity index (χ3n) is 2.10. The standard InChI is InChI=1S/C10H16N2S/c1-3-6-11-8-5-9-12(7-4-2)10(11)13/h3-4H,1-2,5-9H2. The van der Waals surface area contributed by atoms with Crippen molar-refractivity contribution in [3.8, 4) is 0 Å². The van der Waals surface area contributed by atoms with Crippen LogP contribution in [0.5, 0.6) is 0 Å². The summed E-state index contributed by atoms with van der Waals surface area (Å²) in [7, 11) is 0. The first kappa shape index (κ1) is 10.3. The zero-order valence-electron chi connectivity index (χ0n) is 7.91. The maximum absolute atomic E-state index is 5.34. The predicted molar refractivity (Wildman–Crippen MR) is 60.8 cm³/mol. The van der Waals surface area contributed by atoms with Crippen LogP contribution in [0.1, 0.15) is 6.42 Å². The highest BCUT2D eigenvalue weighted by Gasteiger charge is 2.19. The summed E-state index contributed by atoms with van der Waals surface area (Å²) in [6, 6.07) is 0. The van der Waals surface area contributed by atoms with Crippen molar-refractivity contribution in [3.05, 3.63) is 25.3 Å². The lowest BCUT2D eigenvalue weighted by atomic mass is 10.3. The fraction of sp³-hybridized carbons (Fsp3) is 0.500. The molecule has 1 rings (SSSR count). The van der Waals surface area contributed by atoms with E-state index in [0.717, 1.165) is 31.3 Å². The van der Waals surface area contributed by atoms with E-state index in [1.807, 2.05) is 12.2 Å².